The van der Waals surface area contributed by atoms with Gasteiger partial charge in [0, 0.05) is 11.1 Å². The smallest absolute Gasteiger partial charge is 0.257 e. The topological polar surface area (TPSA) is 57.7 Å². The van der Waals surface area contributed by atoms with E-state index in [1.165, 1.54) is 23.1 Å². The average Bonchev–Trinajstić information content (AvgIpc) is 2.97. The maximum Gasteiger partial charge on any atom is 0.257 e. The normalized spacial score (nSPS) is 17.7. The number of nitrogens with zero attached hydrogens (tertiary/aromatic N) is 2. The summed E-state index contributed by atoms with van der Waals surface area (Å²) in [5.74, 6) is -2.17. The third-order valence-corrected chi connectivity index (χ3v) is 5.20. The van der Waals surface area contributed by atoms with Gasteiger partial charge in [-0.15, -0.1) is 0 Å². The Morgan fingerprint density at radius 3 is 2.46 bits per heavy atom. The quantitative estimate of drug-likeness (QED) is 0.709. The number of halogens is 2. The van der Waals surface area contributed by atoms with Crippen molar-refractivity contribution in [2.24, 2.45) is 0 Å². The minimum Gasteiger partial charge on any atom is -0.323 e. The molecule has 0 N–H and O–H groups in total. The van der Waals surface area contributed by atoms with Crippen LogP contribution in [0.1, 0.15) is 37.0 Å². The lowest BCUT2D eigenvalue weighted by atomic mass is 10.1. The highest BCUT2D eigenvalue weighted by atomic mass is 35.5. The van der Waals surface area contributed by atoms with Gasteiger partial charge in [0.1, 0.15) is 11.9 Å². The maximum absolute atomic E-state index is 14.2. The predicted octanol–water partition coefficient (Wildman–Crippen LogP) is 4.05. The fourth-order valence-electron chi connectivity index (χ4n) is 3.31. The summed E-state index contributed by atoms with van der Waals surface area (Å²) in [5.41, 5.74) is 0.275. The molecule has 2 atom stereocenters. The highest BCUT2D eigenvalue weighted by molar-refractivity contribution is 6.31. The molecular formula is C21H20ClFN2O3. The highest BCUT2D eigenvalue weighted by Gasteiger charge is 2.46. The Morgan fingerprint density at radius 1 is 1.21 bits per heavy atom. The van der Waals surface area contributed by atoms with E-state index in [4.69, 9.17) is 11.6 Å². The summed E-state index contributed by atoms with van der Waals surface area (Å²) in [7, 11) is 0. The van der Waals surface area contributed by atoms with E-state index < -0.39 is 29.6 Å². The molecule has 1 aliphatic rings. The second-order valence-electron chi connectivity index (χ2n) is 6.71. The Bertz CT molecular complexity index is 916. The first-order valence-corrected chi connectivity index (χ1v) is 9.42. The van der Waals surface area contributed by atoms with E-state index >= 15 is 0 Å². The molecule has 1 saturated heterocycles. The van der Waals surface area contributed by atoms with Gasteiger partial charge in [0.15, 0.2) is 0 Å². The molecule has 1 aliphatic heterocycles. The monoisotopic (exact) mass is 402 g/mol. The fraction of sp³-hybridized carbons (Fsp3) is 0.286. The minimum atomic E-state index is -0.981. The van der Waals surface area contributed by atoms with Gasteiger partial charge >= 0.3 is 0 Å². The van der Waals surface area contributed by atoms with Crippen LogP contribution >= 0.6 is 11.6 Å². The van der Waals surface area contributed by atoms with Crippen molar-refractivity contribution in [3.05, 3.63) is 64.9 Å². The first-order chi connectivity index (χ1) is 13.3. The van der Waals surface area contributed by atoms with Crippen LogP contribution in [-0.4, -0.2) is 34.7 Å². The second-order valence-corrected chi connectivity index (χ2v) is 7.15. The molecule has 0 aromatic heterocycles. The number of benzene rings is 2. The highest BCUT2D eigenvalue weighted by Crippen LogP contribution is 2.29. The lowest BCUT2D eigenvalue weighted by Crippen LogP contribution is -2.50. The Kier molecular flexibility index (Phi) is 5.79. The largest absolute Gasteiger partial charge is 0.323 e. The van der Waals surface area contributed by atoms with Crippen LogP contribution in [0.5, 0.6) is 0 Å². The molecule has 1 fully saturated rings. The van der Waals surface area contributed by atoms with Crippen molar-refractivity contribution in [2.45, 2.75) is 38.8 Å². The first-order valence-electron chi connectivity index (χ1n) is 9.04. The molecule has 1 heterocycles. The lowest BCUT2D eigenvalue weighted by molar-refractivity contribution is -0.122. The van der Waals surface area contributed by atoms with Gasteiger partial charge in [-0.3, -0.25) is 14.4 Å². The van der Waals surface area contributed by atoms with Crippen molar-refractivity contribution in [2.75, 3.05) is 4.90 Å². The lowest BCUT2D eigenvalue weighted by Gasteiger charge is -2.33. The Morgan fingerprint density at radius 2 is 1.86 bits per heavy atom. The zero-order valence-electron chi connectivity index (χ0n) is 15.6. The summed E-state index contributed by atoms with van der Waals surface area (Å²) < 4.78 is 14.2. The van der Waals surface area contributed by atoms with Crippen molar-refractivity contribution in [3.63, 3.8) is 0 Å². The van der Waals surface area contributed by atoms with Crippen LogP contribution in [-0.2, 0) is 9.59 Å². The van der Waals surface area contributed by atoms with Gasteiger partial charge in [-0.25, -0.2) is 9.29 Å². The molecule has 3 rings (SSSR count). The predicted molar refractivity (Wildman–Crippen MR) is 105 cm³/mol. The first kappa shape index (κ1) is 20.0. The zero-order chi connectivity index (χ0) is 20.4. The van der Waals surface area contributed by atoms with Crippen LogP contribution in [0.4, 0.5) is 10.1 Å². The summed E-state index contributed by atoms with van der Waals surface area (Å²) in [4.78, 5) is 41.1. The zero-order valence-corrected chi connectivity index (χ0v) is 16.3. The number of imide groups is 1. The third-order valence-electron chi connectivity index (χ3n) is 4.95. The van der Waals surface area contributed by atoms with Crippen LogP contribution in [0.25, 0.3) is 0 Å². The summed E-state index contributed by atoms with van der Waals surface area (Å²) in [6, 6.07) is 10.6. The summed E-state index contributed by atoms with van der Waals surface area (Å²) in [6.07, 6.45) is 0.408. The van der Waals surface area contributed by atoms with E-state index in [1.807, 2.05) is 6.92 Å². The number of rotatable bonds is 5. The van der Waals surface area contributed by atoms with E-state index in [0.29, 0.717) is 17.1 Å². The fourth-order valence-corrected chi connectivity index (χ4v) is 3.44. The van der Waals surface area contributed by atoms with Gasteiger partial charge in [-0.2, -0.15) is 0 Å². The Hall–Kier alpha value is -2.73. The SMILES string of the molecule is CCC(C)N(C(=O)c1ccccc1F)C1CC(=O)N(c2ccc(Cl)cc2)C1=O. The van der Waals surface area contributed by atoms with Gasteiger partial charge in [0.25, 0.3) is 11.8 Å². The number of anilines is 1. The number of hydrogen-bond donors (Lipinski definition) is 0. The molecule has 2 unspecified atom stereocenters. The molecule has 2 aromatic carbocycles. The van der Waals surface area contributed by atoms with Gasteiger partial charge < -0.3 is 4.90 Å². The molecule has 146 valence electrons. The molecule has 5 nitrogen and oxygen atoms in total. The van der Waals surface area contributed by atoms with Crippen LogP contribution in [0, 0.1) is 5.82 Å². The summed E-state index contributed by atoms with van der Waals surface area (Å²) in [6.45, 7) is 3.64. The standard InChI is InChI=1S/C21H20ClFN2O3/c1-3-13(2)24(20(27)16-6-4-5-7-17(16)23)18-12-19(26)25(21(18)28)15-10-8-14(22)9-11-15/h4-11,13,18H,3,12H2,1-2H3. The van der Waals surface area contributed by atoms with Crippen LogP contribution in [0.2, 0.25) is 5.02 Å². The van der Waals surface area contributed by atoms with Crippen LogP contribution in [0.15, 0.2) is 48.5 Å². The summed E-state index contributed by atoms with van der Waals surface area (Å²) in [5, 5.41) is 0.482. The Labute approximate surface area is 167 Å². The summed E-state index contributed by atoms with van der Waals surface area (Å²) >= 11 is 5.88. The van der Waals surface area contributed by atoms with E-state index in [-0.39, 0.29) is 18.0 Å². The average molecular weight is 403 g/mol. The van der Waals surface area contributed by atoms with Crippen molar-refractivity contribution < 1.29 is 18.8 Å². The number of amides is 3. The molecule has 28 heavy (non-hydrogen) atoms. The number of carbonyl (C=O) groups excluding carboxylic acids is 3. The molecule has 2 aromatic rings. The molecule has 7 heteroatoms. The molecule has 0 bridgehead atoms. The third kappa shape index (κ3) is 3.64. The molecule has 0 spiro atoms. The van der Waals surface area contributed by atoms with Crippen molar-refractivity contribution in [3.8, 4) is 0 Å². The van der Waals surface area contributed by atoms with Gasteiger partial charge in [0.2, 0.25) is 5.91 Å². The van der Waals surface area contributed by atoms with Gasteiger partial charge in [0.05, 0.1) is 17.7 Å². The number of hydrogen-bond acceptors (Lipinski definition) is 3. The van der Waals surface area contributed by atoms with Crippen LogP contribution in [0.3, 0.4) is 0 Å². The maximum atomic E-state index is 14.2. The number of carbonyl (C=O) groups is 3. The van der Waals surface area contributed by atoms with Gasteiger partial charge in [-0.05, 0) is 49.7 Å². The minimum absolute atomic E-state index is 0.118. The van der Waals surface area contributed by atoms with Crippen molar-refractivity contribution in [1.29, 1.82) is 0 Å². The van der Waals surface area contributed by atoms with Crippen LogP contribution < -0.4 is 4.90 Å². The van der Waals surface area contributed by atoms with Gasteiger partial charge in [-0.1, -0.05) is 30.7 Å². The molecule has 0 aliphatic carbocycles. The molecule has 0 saturated carbocycles. The molecule has 0 radical (unpaired) electrons. The van der Waals surface area contributed by atoms with E-state index in [0.717, 1.165) is 4.90 Å². The van der Waals surface area contributed by atoms with E-state index in [1.54, 1.807) is 37.3 Å². The second kappa shape index (κ2) is 8.10. The van der Waals surface area contributed by atoms with E-state index in [2.05, 4.69) is 0 Å². The van der Waals surface area contributed by atoms with E-state index in [9.17, 15) is 18.8 Å². The van der Waals surface area contributed by atoms with Crippen molar-refractivity contribution >= 4 is 35.0 Å². The Balaban J connectivity index is 1.96. The van der Waals surface area contributed by atoms with Crippen molar-refractivity contribution in [1.82, 2.24) is 4.90 Å². The molecular weight excluding hydrogens is 383 g/mol. The molecule has 3 amide bonds.